The summed E-state index contributed by atoms with van der Waals surface area (Å²) in [4.78, 5) is 12.4. The van der Waals surface area contributed by atoms with Crippen molar-refractivity contribution in [2.75, 3.05) is 5.75 Å². The molecule has 0 saturated heterocycles. The average molecular weight is 668 g/mol. The van der Waals surface area contributed by atoms with Crippen molar-refractivity contribution in [1.82, 2.24) is 5.32 Å². The standard InChI is InChI=1S/C39H73NO5S/c1-3-5-7-9-11-13-15-17-18-19-20-21-23-24-26-28-30-32-34-38(41)37(36-46(43,44)45)40-39(42)35-33-31-29-27-25-22-16-14-12-10-8-6-4-2/h14,16,24,26,32,34,37-38,41H,3-13,15,17-23,25,27-31,33,35-36H2,1-2H3,(H,40,42)(H,43,44,45)/b16-14-,26-24+,34-32+. The third-order valence-electron chi connectivity index (χ3n) is 8.54. The Morgan fingerprint density at radius 1 is 0.565 bits per heavy atom. The number of carbonyl (C=O) groups is 1. The van der Waals surface area contributed by atoms with Gasteiger partial charge in [-0.05, 0) is 57.8 Å². The molecule has 0 radical (unpaired) electrons. The summed E-state index contributed by atoms with van der Waals surface area (Å²) in [6.07, 6.45) is 42.7. The molecule has 0 aromatic heterocycles. The van der Waals surface area contributed by atoms with Crippen LogP contribution in [0.15, 0.2) is 36.5 Å². The van der Waals surface area contributed by atoms with Crippen LogP contribution in [-0.2, 0) is 14.9 Å². The van der Waals surface area contributed by atoms with Gasteiger partial charge in [-0.3, -0.25) is 9.35 Å². The number of unbranched alkanes of at least 4 members (excludes halogenated alkanes) is 22. The van der Waals surface area contributed by atoms with Gasteiger partial charge in [0.15, 0.2) is 0 Å². The molecule has 0 aliphatic rings. The monoisotopic (exact) mass is 668 g/mol. The number of amides is 1. The molecule has 3 N–H and O–H groups in total. The third-order valence-corrected chi connectivity index (χ3v) is 9.32. The van der Waals surface area contributed by atoms with Crippen LogP contribution in [0.1, 0.15) is 187 Å². The van der Waals surface area contributed by atoms with Crippen LogP contribution in [0, 0.1) is 0 Å². The Morgan fingerprint density at radius 2 is 0.935 bits per heavy atom. The van der Waals surface area contributed by atoms with E-state index in [4.69, 9.17) is 0 Å². The van der Waals surface area contributed by atoms with Gasteiger partial charge in [-0.2, -0.15) is 8.42 Å². The maximum absolute atomic E-state index is 12.4. The van der Waals surface area contributed by atoms with Crippen molar-refractivity contribution in [3.63, 3.8) is 0 Å². The number of hydrogen-bond acceptors (Lipinski definition) is 4. The van der Waals surface area contributed by atoms with Crippen molar-refractivity contribution in [2.24, 2.45) is 0 Å². The largest absolute Gasteiger partial charge is 0.387 e. The number of carbonyl (C=O) groups excluding carboxylic acids is 1. The van der Waals surface area contributed by atoms with E-state index in [0.29, 0.717) is 6.42 Å². The molecule has 0 rings (SSSR count). The van der Waals surface area contributed by atoms with Gasteiger partial charge in [-0.25, -0.2) is 0 Å². The number of nitrogens with one attached hydrogen (secondary N) is 1. The first-order valence-corrected chi connectivity index (χ1v) is 20.8. The van der Waals surface area contributed by atoms with Crippen LogP contribution >= 0.6 is 0 Å². The fourth-order valence-corrected chi connectivity index (χ4v) is 6.37. The molecule has 0 aromatic carbocycles. The second-order valence-corrected chi connectivity index (χ2v) is 14.7. The van der Waals surface area contributed by atoms with Gasteiger partial charge in [0.2, 0.25) is 5.91 Å². The lowest BCUT2D eigenvalue weighted by Gasteiger charge is -2.21. The second kappa shape index (κ2) is 33.5. The highest BCUT2D eigenvalue weighted by atomic mass is 32.2. The van der Waals surface area contributed by atoms with E-state index in [0.717, 1.165) is 51.4 Å². The highest BCUT2D eigenvalue weighted by molar-refractivity contribution is 7.85. The number of rotatable bonds is 34. The molecule has 1 amide bonds. The molecule has 0 aliphatic carbocycles. The lowest BCUT2D eigenvalue weighted by Crippen LogP contribution is -2.46. The van der Waals surface area contributed by atoms with E-state index < -0.39 is 28.0 Å². The first kappa shape index (κ1) is 44.6. The van der Waals surface area contributed by atoms with E-state index >= 15 is 0 Å². The predicted octanol–water partition coefficient (Wildman–Crippen LogP) is 11.0. The van der Waals surface area contributed by atoms with E-state index in [1.54, 1.807) is 0 Å². The number of hydrogen-bond donors (Lipinski definition) is 3. The Balaban J connectivity index is 4.02. The topological polar surface area (TPSA) is 104 Å². The Morgan fingerprint density at radius 3 is 1.39 bits per heavy atom. The summed E-state index contributed by atoms with van der Waals surface area (Å²) >= 11 is 0. The SMILES string of the molecule is CCCCCC/C=C\CCCCCCCC(=O)NC(CS(=O)(=O)O)C(O)/C=C/CC/C=C/CCCCCCCCCCCCCC. The van der Waals surface area contributed by atoms with Gasteiger partial charge in [0.1, 0.15) is 0 Å². The Bertz CT molecular complexity index is 868. The minimum Gasteiger partial charge on any atom is -0.387 e. The van der Waals surface area contributed by atoms with Gasteiger partial charge in [0.05, 0.1) is 17.9 Å². The molecule has 2 atom stereocenters. The van der Waals surface area contributed by atoms with E-state index in [1.165, 1.54) is 115 Å². The highest BCUT2D eigenvalue weighted by Gasteiger charge is 2.24. The van der Waals surface area contributed by atoms with Gasteiger partial charge < -0.3 is 10.4 Å². The molecule has 0 aromatic rings. The molecule has 2 unspecified atom stereocenters. The summed E-state index contributed by atoms with van der Waals surface area (Å²) in [5.74, 6) is -1.01. The molecule has 0 fully saturated rings. The minimum atomic E-state index is -4.35. The van der Waals surface area contributed by atoms with E-state index in [2.05, 4.69) is 43.5 Å². The zero-order valence-electron chi connectivity index (χ0n) is 29.9. The highest BCUT2D eigenvalue weighted by Crippen LogP contribution is 2.13. The molecule has 0 bridgehead atoms. The van der Waals surface area contributed by atoms with Gasteiger partial charge >= 0.3 is 0 Å². The molecule has 0 spiro atoms. The molecule has 0 aliphatic heterocycles. The summed E-state index contributed by atoms with van der Waals surface area (Å²) in [7, 11) is -4.35. The maximum atomic E-state index is 12.4. The molecular weight excluding hydrogens is 594 g/mol. The molecule has 0 heterocycles. The number of aliphatic hydroxyl groups is 1. The molecule has 46 heavy (non-hydrogen) atoms. The zero-order chi connectivity index (χ0) is 34.0. The summed E-state index contributed by atoms with van der Waals surface area (Å²) < 4.78 is 32.4. The molecule has 270 valence electrons. The Hall–Kier alpha value is -1.44. The third kappa shape index (κ3) is 33.9. The van der Waals surface area contributed by atoms with Gasteiger partial charge in [-0.15, -0.1) is 0 Å². The van der Waals surface area contributed by atoms with Crippen LogP contribution in [0.25, 0.3) is 0 Å². The second-order valence-electron chi connectivity index (χ2n) is 13.2. The summed E-state index contributed by atoms with van der Waals surface area (Å²) in [5, 5.41) is 13.2. The van der Waals surface area contributed by atoms with E-state index in [-0.39, 0.29) is 12.3 Å². The van der Waals surface area contributed by atoms with E-state index in [9.17, 15) is 22.9 Å². The van der Waals surface area contributed by atoms with Crippen molar-refractivity contribution < 1.29 is 22.9 Å². The van der Waals surface area contributed by atoms with Gasteiger partial charge in [0.25, 0.3) is 10.1 Å². The average Bonchev–Trinajstić information content (AvgIpc) is 3.01. The maximum Gasteiger partial charge on any atom is 0.267 e. The first-order chi connectivity index (χ1) is 22.3. The molecular formula is C39H73NO5S. The zero-order valence-corrected chi connectivity index (χ0v) is 30.8. The van der Waals surface area contributed by atoms with Gasteiger partial charge in [0, 0.05) is 6.42 Å². The van der Waals surface area contributed by atoms with Crippen LogP contribution in [0.5, 0.6) is 0 Å². The van der Waals surface area contributed by atoms with Crippen molar-refractivity contribution in [2.45, 2.75) is 199 Å². The first-order valence-electron chi connectivity index (χ1n) is 19.2. The predicted molar refractivity (Wildman–Crippen MR) is 198 cm³/mol. The summed E-state index contributed by atoms with van der Waals surface area (Å²) in [6, 6.07) is -1.08. The van der Waals surface area contributed by atoms with Crippen LogP contribution < -0.4 is 5.32 Å². The lowest BCUT2D eigenvalue weighted by atomic mass is 10.0. The number of allylic oxidation sites excluding steroid dienone is 5. The van der Waals surface area contributed by atoms with Crippen LogP contribution in [0.3, 0.4) is 0 Å². The van der Waals surface area contributed by atoms with Crippen molar-refractivity contribution >= 4 is 16.0 Å². The summed E-state index contributed by atoms with van der Waals surface area (Å²) in [6.45, 7) is 4.49. The van der Waals surface area contributed by atoms with Crippen molar-refractivity contribution in [3.8, 4) is 0 Å². The molecule has 7 heteroatoms. The summed E-state index contributed by atoms with van der Waals surface area (Å²) in [5.41, 5.74) is 0. The van der Waals surface area contributed by atoms with Crippen LogP contribution in [-0.4, -0.2) is 41.9 Å². The van der Waals surface area contributed by atoms with E-state index in [1.807, 2.05) is 6.08 Å². The smallest absolute Gasteiger partial charge is 0.267 e. The van der Waals surface area contributed by atoms with Crippen LogP contribution in [0.2, 0.25) is 0 Å². The Labute approximate surface area is 285 Å². The fourth-order valence-electron chi connectivity index (χ4n) is 5.64. The number of aliphatic hydroxyl groups excluding tert-OH is 1. The lowest BCUT2D eigenvalue weighted by molar-refractivity contribution is -0.122. The molecule has 0 saturated carbocycles. The minimum absolute atomic E-state index is 0.278. The van der Waals surface area contributed by atoms with Crippen molar-refractivity contribution in [1.29, 1.82) is 0 Å². The normalized spacial score (nSPS) is 13.7. The van der Waals surface area contributed by atoms with Crippen LogP contribution in [0.4, 0.5) is 0 Å². The quantitative estimate of drug-likeness (QED) is 0.0360. The fraction of sp³-hybridized carbons (Fsp3) is 0.821. The Kier molecular flexibility index (Phi) is 32.4. The van der Waals surface area contributed by atoms with Crippen molar-refractivity contribution in [3.05, 3.63) is 36.5 Å². The van der Waals surface area contributed by atoms with Gasteiger partial charge in [-0.1, -0.05) is 159 Å². The molecule has 6 nitrogen and oxygen atoms in total.